The van der Waals surface area contributed by atoms with Crippen LogP contribution >= 0.6 is 11.3 Å². The number of hydrogen-bond acceptors (Lipinski definition) is 6. The molecular formula is C13H17N5OS. The standard InChI is InChI=1S/C13H17N5OS/c1-4-11-17-18-13(20-11)16-12(19)9-6-8(3)15-10(7-9)14-5-2/h6-7H,4-5H2,1-3H3,(H,14,15)(H,16,18,19). The van der Waals surface area contributed by atoms with Gasteiger partial charge < -0.3 is 5.32 Å². The summed E-state index contributed by atoms with van der Waals surface area (Å²) in [6, 6.07) is 3.48. The van der Waals surface area contributed by atoms with E-state index in [4.69, 9.17) is 0 Å². The minimum Gasteiger partial charge on any atom is -0.370 e. The van der Waals surface area contributed by atoms with Gasteiger partial charge in [0.15, 0.2) is 0 Å². The Morgan fingerprint density at radius 3 is 2.75 bits per heavy atom. The fourth-order valence-corrected chi connectivity index (χ4v) is 2.36. The van der Waals surface area contributed by atoms with Gasteiger partial charge in [-0.15, -0.1) is 10.2 Å². The van der Waals surface area contributed by atoms with E-state index >= 15 is 0 Å². The van der Waals surface area contributed by atoms with E-state index in [0.717, 1.165) is 23.7 Å². The number of carbonyl (C=O) groups excluding carboxylic acids is 1. The van der Waals surface area contributed by atoms with Gasteiger partial charge in [-0.2, -0.15) is 0 Å². The molecule has 0 radical (unpaired) electrons. The largest absolute Gasteiger partial charge is 0.370 e. The van der Waals surface area contributed by atoms with Crippen molar-refractivity contribution in [1.29, 1.82) is 0 Å². The van der Waals surface area contributed by atoms with Crippen LogP contribution in [0.3, 0.4) is 0 Å². The molecule has 20 heavy (non-hydrogen) atoms. The average Bonchev–Trinajstić information content (AvgIpc) is 2.86. The summed E-state index contributed by atoms with van der Waals surface area (Å²) in [6.07, 6.45) is 0.812. The van der Waals surface area contributed by atoms with Crippen molar-refractivity contribution in [3.8, 4) is 0 Å². The number of amides is 1. The van der Waals surface area contributed by atoms with E-state index in [1.165, 1.54) is 11.3 Å². The molecule has 2 rings (SSSR count). The van der Waals surface area contributed by atoms with Crippen molar-refractivity contribution in [2.75, 3.05) is 17.2 Å². The van der Waals surface area contributed by atoms with Crippen molar-refractivity contribution in [1.82, 2.24) is 15.2 Å². The van der Waals surface area contributed by atoms with Crippen LogP contribution in [0, 0.1) is 6.92 Å². The van der Waals surface area contributed by atoms with Crippen LogP contribution in [0.25, 0.3) is 0 Å². The third kappa shape index (κ3) is 3.51. The molecule has 0 aliphatic rings. The molecule has 0 aliphatic carbocycles. The molecule has 106 valence electrons. The second-order valence-corrected chi connectivity index (χ2v) is 5.28. The maximum absolute atomic E-state index is 12.2. The zero-order chi connectivity index (χ0) is 14.5. The predicted molar refractivity (Wildman–Crippen MR) is 80.4 cm³/mol. The fraction of sp³-hybridized carbons (Fsp3) is 0.385. The summed E-state index contributed by atoms with van der Waals surface area (Å²) < 4.78 is 0. The molecule has 2 N–H and O–H groups in total. The van der Waals surface area contributed by atoms with Gasteiger partial charge in [0.2, 0.25) is 5.13 Å². The van der Waals surface area contributed by atoms with Crippen LogP contribution in [-0.4, -0.2) is 27.6 Å². The number of nitrogens with zero attached hydrogens (tertiary/aromatic N) is 3. The van der Waals surface area contributed by atoms with Crippen molar-refractivity contribution >= 4 is 28.2 Å². The van der Waals surface area contributed by atoms with Gasteiger partial charge in [-0.05, 0) is 32.4 Å². The van der Waals surface area contributed by atoms with Gasteiger partial charge in [0.05, 0.1) is 0 Å². The molecule has 2 aromatic heterocycles. The topological polar surface area (TPSA) is 79.8 Å². The van der Waals surface area contributed by atoms with Crippen LogP contribution in [-0.2, 0) is 6.42 Å². The van der Waals surface area contributed by atoms with Crippen molar-refractivity contribution in [3.05, 3.63) is 28.4 Å². The molecule has 0 aromatic carbocycles. The van der Waals surface area contributed by atoms with E-state index in [9.17, 15) is 4.79 Å². The lowest BCUT2D eigenvalue weighted by Gasteiger charge is -2.07. The lowest BCUT2D eigenvalue weighted by Crippen LogP contribution is -2.13. The third-order valence-electron chi connectivity index (χ3n) is 2.56. The van der Waals surface area contributed by atoms with Crippen LogP contribution in [0.15, 0.2) is 12.1 Å². The van der Waals surface area contributed by atoms with E-state index in [-0.39, 0.29) is 5.91 Å². The van der Waals surface area contributed by atoms with Gasteiger partial charge in [-0.1, -0.05) is 18.3 Å². The number of aromatic nitrogens is 3. The van der Waals surface area contributed by atoms with E-state index in [1.54, 1.807) is 12.1 Å². The molecule has 0 aliphatic heterocycles. The van der Waals surface area contributed by atoms with E-state index < -0.39 is 0 Å². The molecule has 0 atom stereocenters. The Bertz CT molecular complexity index is 611. The Balaban J connectivity index is 2.15. The van der Waals surface area contributed by atoms with Crippen LogP contribution in [0.1, 0.15) is 34.9 Å². The molecular weight excluding hydrogens is 274 g/mol. The van der Waals surface area contributed by atoms with Crippen molar-refractivity contribution in [3.63, 3.8) is 0 Å². The summed E-state index contributed by atoms with van der Waals surface area (Å²) >= 11 is 1.39. The summed E-state index contributed by atoms with van der Waals surface area (Å²) in [5, 5.41) is 15.2. The number of hydrogen-bond donors (Lipinski definition) is 2. The first-order valence-electron chi connectivity index (χ1n) is 6.48. The number of aryl methyl sites for hydroxylation is 2. The highest BCUT2D eigenvalue weighted by Crippen LogP contribution is 2.17. The SMILES string of the molecule is CCNc1cc(C(=O)Nc2nnc(CC)s2)cc(C)n1. The summed E-state index contributed by atoms with van der Waals surface area (Å²) in [4.78, 5) is 16.5. The smallest absolute Gasteiger partial charge is 0.257 e. The normalized spacial score (nSPS) is 10.3. The molecule has 2 aromatic rings. The molecule has 0 fully saturated rings. The zero-order valence-electron chi connectivity index (χ0n) is 11.7. The Morgan fingerprint density at radius 1 is 1.30 bits per heavy atom. The molecule has 0 saturated heterocycles. The molecule has 1 amide bonds. The summed E-state index contributed by atoms with van der Waals surface area (Å²) in [7, 11) is 0. The highest BCUT2D eigenvalue weighted by Gasteiger charge is 2.11. The number of pyridine rings is 1. The van der Waals surface area contributed by atoms with Crippen LogP contribution in [0.2, 0.25) is 0 Å². The maximum atomic E-state index is 12.2. The van der Waals surface area contributed by atoms with Gasteiger partial charge in [0, 0.05) is 17.8 Å². The lowest BCUT2D eigenvalue weighted by atomic mass is 10.2. The highest BCUT2D eigenvalue weighted by molar-refractivity contribution is 7.15. The number of anilines is 2. The number of nitrogens with one attached hydrogen (secondary N) is 2. The van der Waals surface area contributed by atoms with Crippen molar-refractivity contribution < 1.29 is 4.79 Å². The minimum absolute atomic E-state index is 0.201. The number of rotatable bonds is 5. The Kier molecular flexibility index (Phi) is 4.62. The number of carbonyl (C=O) groups is 1. The lowest BCUT2D eigenvalue weighted by molar-refractivity contribution is 0.102. The zero-order valence-corrected chi connectivity index (χ0v) is 12.5. The molecule has 0 unspecified atom stereocenters. The maximum Gasteiger partial charge on any atom is 0.257 e. The van der Waals surface area contributed by atoms with Crippen LogP contribution in [0.5, 0.6) is 0 Å². The van der Waals surface area contributed by atoms with E-state index in [0.29, 0.717) is 16.5 Å². The Hall–Kier alpha value is -2.02. The molecule has 7 heteroatoms. The van der Waals surface area contributed by atoms with Gasteiger partial charge in [0.25, 0.3) is 5.91 Å². The third-order valence-corrected chi connectivity index (χ3v) is 3.55. The highest BCUT2D eigenvalue weighted by atomic mass is 32.1. The molecule has 0 spiro atoms. The summed E-state index contributed by atoms with van der Waals surface area (Å²) in [5.41, 5.74) is 1.35. The Morgan fingerprint density at radius 2 is 2.10 bits per heavy atom. The fourth-order valence-electron chi connectivity index (χ4n) is 1.69. The van der Waals surface area contributed by atoms with Crippen LogP contribution < -0.4 is 10.6 Å². The Labute approximate surface area is 121 Å². The van der Waals surface area contributed by atoms with E-state index in [1.807, 2.05) is 20.8 Å². The van der Waals surface area contributed by atoms with Gasteiger partial charge in [-0.3, -0.25) is 10.1 Å². The molecule has 0 bridgehead atoms. The minimum atomic E-state index is -0.201. The monoisotopic (exact) mass is 291 g/mol. The van der Waals surface area contributed by atoms with Crippen molar-refractivity contribution in [2.45, 2.75) is 27.2 Å². The van der Waals surface area contributed by atoms with E-state index in [2.05, 4.69) is 25.8 Å². The van der Waals surface area contributed by atoms with Gasteiger partial charge in [0.1, 0.15) is 10.8 Å². The second-order valence-electron chi connectivity index (χ2n) is 4.22. The van der Waals surface area contributed by atoms with Crippen LogP contribution in [0.4, 0.5) is 10.9 Å². The first-order chi connectivity index (χ1) is 9.62. The summed E-state index contributed by atoms with van der Waals surface area (Å²) in [5.74, 6) is 0.498. The molecule has 2 heterocycles. The van der Waals surface area contributed by atoms with Gasteiger partial charge >= 0.3 is 0 Å². The molecule has 0 saturated carbocycles. The predicted octanol–water partition coefficient (Wildman–Crippen LogP) is 2.49. The summed E-state index contributed by atoms with van der Waals surface area (Å²) in [6.45, 7) is 6.60. The van der Waals surface area contributed by atoms with Gasteiger partial charge in [-0.25, -0.2) is 4.98 Å². The first kappa shape index (κ1) is 14.4. The molecule has 6 nitrogen and oxygen atoms in total. The van der Waals surface area contributed by atoms with Crippen molar-refractivity contribution in [2.24, 2.45) is 0 Å². The first-order valence-corrected chi connectivity index (χ1v) is 7.30. The average molecular weight is 291 g/mol. The second kappa shape index (κ2) is 6.42. The quantitative estimate of drug-likeness (QED) is 0.884.